The van der Waals surface area contributed by atoms with Gasteiger partial charge in [0.15, 0.2) is 0 Å². The number of hydrogen-bond donors (Lipinski definition) is 1. The molecule has 0 radical (unpaired) electrons. The number of carbonyl (C=O) groups excluding carboxylic acids is 1. The lowest BCUT2D eigenvalue weighted by Gasteiger charge is -2.12. The van der Waals surface area contributed by atoms with Crippen molar-refractivity contribution < 1.29 is 9.18 Å². The molecule has 23 heavy (non-hydrogen) atoms. The molecule has 0 saturated heterocycles. The molecule has 1 unspecified atom stereocenters. The minimum absolute atomic E-state index is 0.0327. The van der Waals surface area contributed by atoms with Crippen molar-refractivity contribution in [3.63, 3.8) is 0 Å². The van der Waals surface area contributed by atoms with Gasteiger partial charge in [0.1, 0.15) is 5.82 Å². The Kier molecular flexibility index (Phi) is 7.49. The van der Waals surface area contributed by atoms with Crippen molar-refractivity contribution in [1.29, 1.82) is 0 Å². The van der Waals surface area contributed by atoms with Gasteiger partial charge in [0.05, 0.1) is 5.25 Å². The van der Waals surface area contributed by atoms with Crippen molar-refractivity contribution in [2.24, 2.45) is 0 Å². The predicted molar refractivity (Wildman–Crippen MR) is 97.3 cm³/mol. The van der Waals surface area contributed by atoms with E-state index in [-0.39, 0.29) is 17.0 Å². The van der Waals surface area contributed by atoms with E-state index in [9.17, 15) is 9.18 Å². The number of benzene rings is 2. The van der Waals surface area contributed by atoms with Crippen LogP contribution in [0.2, 0.25) is 0 Å². The molecule has 0 aliphatic heterocycles. The van der Waals surface area contributed by atoms with E-state index in [1.807, 2.05) is 43.3 Å². The van der Waals surface area contributed by atoms with Crippen molar-refractivity contribution in [1.82, 2.24) is 5.32 Å². The van der Waals surface area contributed by atoms with Crippen LogP contribution < -0.4 is 5.32 Å². The van der Waals surface area contributed by atoms with Gasteiger partial charge in [0.25, 0.3) is 0 Å². The van der Waals surface area contributed by atoms with Crippen LogP contribution in [0.4, 0.5) is 4.39 Å². The average Bonchev–Trinajstić information content (AvgIpc) is 2.57. The second kappa shape index (κ2) is 9.63. The molecule has 1 amide bonds. The van der Waals surface area contributed by atoms with E-state index in [0.717, 1.165) is 10.6 Å². The van der Waals surface area contributed by atoms with Crippen molar-refractivity contribution >= 4 is 29.4 Å². The Morgan fingerprint density at radius 3 is 2.57 bits per heavy atom. The lowest BCUT2D eigenvalue weighted by atomic mass is 10.2. The highest BCUT2D eigenvalue weighted by Gasteiger charge is 2.13. The summed E-state index contributed by atoms with van der Waals surface area (Å²) < 4.78 is 13.5. The van der Waals surface area contributed by atoms with Crippen molar-refractivity contribution in [2.75, 3.05) is 12.3 Å². The first-order chi connectivity index (χ1) is 11.2. The second-order valence-electron chi connectivity index (χ2n) is 5.01. The SMILES string of the molecule is CC(Sc1ccccc1)C(=O)NCCSCc1ccccc1F. The van der Waals surface area contributed by atoms with Crippen LogP contribution >= 0.6 is 23.5 Å². The van der Waals surface area contributed by atoms with E-state index in [1.54, 1.807) is 35.7 Å². The summed E-state index contributed by atoms with van der Waals surface area (Å²) in [6, 6.07) is 16.7. The molecule has 0 aliphatic rings. The van der Waals surface area contributed by atoms with Gasteiger partial charge in [-0.05, 0) is 30.7 Å². The molecule has 122 valence electrons. The van der Waals surface area contributed by atoms with Crippen LogP contribution in [0, 0.1) is 5.82 Å². The summed E-state index contributed by atoms with van der Waals surface area (Å²) in [5.74, 6) is 1.25. The Morgan fingerprint density at radius 1 is 1.13 bits per heavy atom. The normalized spacial score (nSPS) is 11.9. The maximum atomic E-state index is 13.5. The van der Waals surface area contributed by atoms with Gasteiger partial charge in [0.2, 0.25) is 5.91 Å². The van der Waals surface area contributed by atoms with Crippen molar-refractivity contribution in [3.05, 3.63) is 66.0 Å². The van der Waals surface area contributed by atoms with Gasteiger partial charge >= 0.3 is 0 Å². The van der Waals surface area contributed by atoms with E-state index in [0.29, 0.717) is 17.9 Å². The maximum Gasteiger partial charge on any atom is 0.233 e. The van der Waals surface area contributed by atoms with Crippen molar-refractivity contribution in [3.8, 4) is 0 Å². The van der Waals surface area contributed by atoms with Gasteiger partial charge in [-0.3, -0.25) is 4.79 Å². The van der Waals surface area contributed by atoms with Crippen LogP contribution in [-0.4, -0.2) is 23.5 Å². The third-order valence-electron chi connectivity index (χ3n) is 3.19. The zero-order chi connectivity index (χ0) is 16.5. The van der Waals surface area contributed by atoms with Gasteiger partial charge in [-0.15, -0.1) is 11.8 Å². The summed E-state index contributed by atoms with van der Waals surface area (Å²) in [6.45, 7) is 2.50. The molecular weight excluding hydrogens is 329 g/mol. The standard InChI is InChI=1S/C18H20FNOS2/c1-14(23-16-8-3-2-4-9-16)18(21)20-11-12-22-13-15-7-5-6-10-17(15)19/h2-10,14H,11-13H2,1H3,(H,20,21). The molecule has 0 saturated carbocycles. The van der Waals surface area contributed by atoms with Gasteiger partial charge in [0, 0.05) is 22.9 Å². The van der Waals surface area contributed by atoms with E-state index in [2.05, 4.69) is 5.32 Å². The molecule has 1 atom stereocenters. The molecule has 0 heterocycles. The number of nitrogens with one attached hydrogen (secondary N) is 1. The topological polar surface area (TPSA) is 29.1 Å². The third kappa shape index (κ3) is 6.28. The molecule has 0 fully saturated rings. The second-order valence-corrected chi connectivity index (χ2v) is 7.53. The van der Waals surface area contributed by atoms with E-state index in [4.69, 9.17) is 0 Å². The van der Waals surface area contributed by atoms with E-state index >= 15 is 0 Å². The zero-order valence-corrected chi connectivity index (χ0v) is 14.6. The number of halogens is 1. The summed E-state index contributed by atoms with van der Waals surface area (Å²) >= 11 is 3.16. The largest absolute Gasteiger partial charge is 0.354 e. The molecule has 2 aromatic carbocycles. The Hall–Kier alpha value is -1.46. The summed E-state index contributed by atoms with van der Waals surface area (Å²) in [6.07, 6.45) is 0. The van der Waals surface area contributed by atoms with Crippen molar-refractivity contribution in [2.45, 2.75) is 22.8 Å². The highest BCUT2D eigenvalue weighted by molar-refractivity contribution is 8.00. The molecule has 5 heteroatoms. The van der Waals surface area contributed by atoms with Gasteiger partial charge in [-0.2, -0.15) is 11.8 Å². The fourth-order valence-corrected chi connectivity index (χ4v) is 3.70. The summed E-state index contributed by atoms with van der Waals surface area (Å²) in [5.41, 5.74) is 0.705. The van der Waals surface area contributed by atoms with Crippen LogP contribution in [-0.2, 0) is 10.5 Å². The van der Waals surface area contributed by atoms with Crippen LogP contribution in [0.1, 0.15) is 12.5 Å². The first-order valence-electron chi connectivity index (χ1n) is 7.47. The van der Waals surface area contributed by atoms with Gasteiger partial charge in [-0.25, -0.2) is 4.39 Å². The summed E-state index contributed by atoms with van der Waals surface area (Å²) in [4.78, 5) is 13.1. The maximum absolute atomic E-state index is 13.5. The van der Waals surface area contributed by atoms with Crippen LogP contribution in [0.25, 0.3) is 0 Å². The average molecular weight is 349 g/mol. The van der Waals surface area contributed by atoms with Crippen LogP contribution in [0.3, 0.4) is 0 Å². The Balaban J connectivity index is 1.64. The summed E-state index contributed by atoms with van der Waals surface area (Å²) in [7, 11) is 0. The summed E-state index contributed by atoms with van der Waals surface area (Å²) in [5, 5.41) is 2.80. The quantitative estimate of drug-likeness (QED) is 0.567. The van der Waals surface area contributed by atoms with Gasteiger partial charge in [-0.1, -0.05) is 36.4 Å². The fourth-order valence-electron chi connectivity index (χ4n) is 1.94. The first-order valence-corrected chi connectivity index (χ1v) is 9.51. The zero-order valence-electron chi connectivity index (χ0n) is 13.0. The number of amides is 1. The molecule has 2 rings (SSSR count). The third-order valence-corrected chi connectivity index (χ3v) is 5.31. The predicted octanol–water partition coefficient (Wildman–Crippen LogP) is 4.36. The van der Waals surface area contributed by atoms with Crippen LogP contribution in [0.5, 0.6) is 0 Å². The Bertz CT molecular complexity index is 621. The molecule has 0 spiro atoms. The highest BCUT2D eigenvalue weighted by Crippen LogP contribution is 2.22. The molecule has 1 N–H and O–H groups in total. The van der Waals surface area contributed by atoms with E-state index in [1.165, 1.54) is 6.07 Å². The first kappa shape index (κ1) is 17.9. The highest BCUT2D eigenvalue weighted by atomic mass is 32.2. The molecule has 0 aliphatic carbocycles. The smallest absolute Gasteiger partial charge is 0.233 e. The number of carbonyl (C=O) groups is 1. The lowest BCUT2D eigenvalue weighted by Crippen LogP contribution is -2.32. The van der Waals surface area contributed by atoms with Gasteiger partial charge < -0.3 is 5.32 Å². The fraction of sp³-hybridized carbons (Fsp3) is 0.278. The van der Waals surface area contributed by atoms with E-state index < -0.39 is 0 Å². The molecule has 2 nitrogen and oxygen atoms in total. The minimum Gasteiger partial charge on any atom is -0.354 e. The number of hydrogen-bond acceptors (Lipinski definition) is 3. The molecule has 0 bridgehead atoms. The minimum atomic E-state index is -0.170. The monoisotopic (exact) mass is 349 g/mol. The lowest BCUT2D eigenvalue weighted by molar-refractivity contribution is -0.120. The molecular formula is C18H20FNOS2. The van der Waals surface area contributed by atoms with Crippen LogP contribution in [0.15, 0.2) is 59.5 Å². The Morgan fingerprint density at radius 2 is 1.83 bits per heavy atom. The Labute approximate surface area is 145 Å². The number of rotatable bonds is 8. The molecule has 0 aromatic heterocycles. The number of thioether (sulfide) groups is 2. The molecule has 2 aromatic rings.